The first kappa shape index (κ1) is 10.8. The van der Waals surface area contributed by atoms with Crippen LogP contribution in [0.25, 0.3) is 12.2 Å². The van der Waals surface area contributed by atoms with E-state index in [1.54, 1.807) is 0 Å². The first-order valence-corrected chi connectivity index (χ1v) is 4.87. The molecule has 1 aliphatic rings. The molecule has 0 saturated carbocycles. The number of benzene rings is 1. The lowest BCUT2D eigenvalue weighted by Crippen LogP contribution is -2.27. The third-order valence-corrected chi connectivity index (χ3v) is 2.48. The van der Waals surface area contributed by atoms with Crippen LogP contribution in [0.3, 0.4) is 0 Å². The first-order chi connectivity index (χ1) is 6.42. The molecule has 2 rings (SSSR count). The van der Waals surface area contributed by atoms with Gasteiger partial charge in [-0.25, -0.2) is 0 Å². The molecule has 0 spiro atoms. The fourth-order valence-electron chi connectivity index (χ4n) is 1.77. The summed E-state index contributed by atoms with van der Waals surface area (Å²) in [4.78, 5) is 0. The van der Waals surface area contributed by atoms with Gasteiger partial charge in [-0.05, 0) is 28.8 Å². The molecule has 0 saturated heterocycles. The normalized spacial score (nSPS) is 12.9. The molecule has 1 aromatic carbocycles. The molecule has 0 aliphatic heterocycles. The van der Waals surface area contributed by atoms with Crippen LogP contribution < -0.4 is 10.4 Å². The van der Waals surface area contributed by atoms with Crippen molar-refractivity contribution in [1.29, 1.82) is 0 Å². The Kier molecular flexibility index (Phi) is 3.70. The van der Waals surface area contributed by atoms with Gasteiger partial charge in [-0.15, -0.1) is 0 Å². The number of rotatable bonds is 1. The summed E-state index contributed by atoms with van der Waals surface area (Å²) < 4.78 is 0. The predicted octanol–water partition coefficient (Wildman–Crippen LogP) is 2.41. The molecule has 1 aliphatic carbocycles. The number of allylic oxidation sites excluding steroid dienone is 2. The minimum absolute atomic E-state index is 0. The summed E-state index contributed by atoms with van der Waals surface area (Å²) in [6.45, 7) is 2.21. The van der Waals surface area contributed by atoms with Crippen LogP contribution in [0.1, 0.15) is 26.3 Å². The van der Waals surface area contributed by atoms with Crippen LogP contribution in [0, 0.1) is 0 Å². The van der Waals surface area contributed by atoms with Gasteiger partial charge in [0.1, 0.15) is 0 Å². The van der Waals surface area contributed by atoms with Gasteiger partial charge >= 0.3 is 0 Å². The SMILES string of the molecule is C.CCc1cccc2c1=CCC=CC=2. The summed E-state index contributed by atoms with van der Waals surface area (Å²) in [5.74, 6) is 0. The molecule has 0 radical (unpaired) electrons. The van der Waals surface area contributed by atoms with Crippen LogP contribution in [-0.4, -0.2) is 0 Å². The van der Waals surface area contributed by atoms with Crippen molar-refractivity contribution in [3.63, 3.8) is 0 Å². The van der Waals surface area contributed by atoms with Gasteiger partial charge in [0, 0.05) is 0 Å². The number of aryl methyl sites for hydroxylation is 1. The lowest BCUT2D eigenvalue weighted by Gasteiger charge is -1.98. The van der Waals surface area contributed by atoms with Gasteiger partial charge in [0.2, 0.25) is 0 Å². The van der Waals surface area contributed by atoms with Crippen molar-refractivity contribution in [2.45, 2.75) is 27.2 Å². The van der Waals surface area contributed by atoms with E-state index in [9.17, 15) is 0 Å². The zero-order valence-corrected chi connectivity index (χ0v) is 7.96. The molecule has 14 heavy (non-hydrogen) atoms. The number of hydrogen-bond donors (Lipinski definition) is 0. The van der Waals surface area contributed by atoms with Crippen LogP contribution in [0.5, 0.6) is 0 Å². The number of fused-ring (bicyclic) bond motifs is 1. The second kappa shape index (κ2) is 4.80. The van der Waals surface area contributed by atoms with Crippen LogP contribution in [0.4, 0.5) is 0 Å². The van der Waals surface area contributed by atoms with E-state index in [-0.39, 0.29) is 7.43 Å². The Balaban J connectivity index is 0.000000980. The third-order valence-electron chi connectivity index (χ3n) is 2.48. The maximum absolute atomic E-state index is 2.31. The third kappa shape index (κ3) is 1.95. The van der Waals surface area contributed by atoms with E-state index in [1.807, 2.05) is 0 Å². The molecule has 0 aromatic heterocycles. The van der Waals surface area contributed by atoms with Gasteiger partial charge < -0.3 is 0 Å². The fourth-order valence-corrected chi connectivity index (χ4v) is 1.77. The summed E-state index contributed by atoms with van der Waals surface area (Å²) in [6, 6.07) is 6.54. The number of hydrogen-bond acceptors (Lipinski definition) is 0. The average molecular weight is 186 g/mol. The summed E-state index contributed by atoms with van der Waals surface area (Å²) in [5, 5.41) is 2.78. The van der Waals surface area contributed by atoms with Crippen LogP contribution >= 0.6 is 0 Å². The molecule has 0 unspecified atom stereocenters. The standard InChI is InChI=1S/C13H14.CH4/c1-2-11-8-6-9-12-7-4-3-5-10-13(11)12;/h3-4,6-10H,2,5H2,1H3;1H4. The van der Waals surface area contributed by atoms with Crippen LogP contribution in [0.15, 0.2) is 30.4 Å². The maximum Gasteiger partial charge on any atom is -0.0157 e. The lowest BCUT2D eigenvalue weighted by atomic mass is 10.1. The zero-order chi connectivity index (χ0) is 9.10. The highest BCUT2D eigenvalue weighted by Gasteiger charge is 1.94. The van der Waals surface area contributed by atoms with Crippen molar-refractivity contribution in [3.05, 3.63) is 46.4 Å². The van der Waals surface area contributed by atoms with Gasteiger partial charge in [0.15, 0.2) is 0 Å². The molecule has 74 valence electrons. The summed E-state index contributed by atoms with van der Waals surface area (Å²) >= 11 is 0. The van der Waals surface area contributed by atoms with E-state index in [4.69, 9.17) is 0 Å². The second-order valence-electron chi connectivity index (χ2n) is 3.31. The van der Waals surface area contributed by atoms with Crippen molar-refractivity contribution >= 4 is 12.2 Å². The molecule has 1 aromatic rings. The van der Waals surface area contributed by atoms with Crippen LogP contribution in [0.2, 0.25) is 0 Å². The quantitative estimate of drug-likeness (QED) is 0.632. The topological polar surface area (TPSA) is 0 Å². The average Bonchev–Trinajstić information content (AvgIpc) is 2.41. The van der Waals surface area contributed by atoms with E-state index in [1.165, 1.54) is 16.0 Å². The van der Waals surface area contributed by atoms with Crippen molar-refractivity contribution in [1.82, 2.24) is 0 Å². The van der Waals surface area contributed by atoms with Crippen molar-refractivity contribution < 1.29 is 0 Å². The Hall–Kier alpha value is -1.30. The van der Waals surface area contributed by atoms with Gasteiger partial charge in [0.05, 0.1) is 0 Å². The fraction of sp³-hybridized carbons (Fsp3) is 0.286. The predicted molar refractivity (Wildman–Crippen MR) is 64.5 cm³/mol. The smallest absolute Gasteiger partial charge is 0.0157 e. The molecule has 0 N–H and O–H groups in total. The Morgan fingerprint density at radius 3 is 2.93 bits per heavy atom. The monoisotopic (exact) mass is 186 g/mol. The van der Waals surface area contributed by atoms with E-state index in [2.05, 4.69) is 49.4 Å². The van der Waals surface area contributed by atoms with E-state index < -0.39 is 0 Å². The van der Waals surface area contributed by atoms with E-state index in [0.717, 1.165) is 12.8 Å². The molecule has 0 amide bonds. The van der Waals surface area contributed by atoms with E-state index >= 15 is 0 Å². The van der Waals surface area contributed by atoms with Crippen LogP contribution in [-0.2, 0) is 6.42 Å². The molecule has 0 fully saturated rings. The Morgan fingerprint density at radius 2 is 2.14 bits per heavy atom. The van der Waals surface area contributed by atoms with Gasteiger partial charge in [0.25, 0.3) is 0 Å². The highest BCUT2D eigenvalue weighted by molar-refractivity contribution is 5.46. The highest BCUT2D eigenvalue weighted by Crippen LogP contribution is 1.94. The van der Waals surface area contributed by atoms with Crippen molar-refractivity contribution in [3.8, 4) is 0 Å². The highest BCUT2D eigenvalue weighted by atomic mass is 14.0. The summed E-state index contributed by atoms with van der Waals surface area (Å²) in [5.41, 5.74) is 1.46. The Morgan fingerprint density at radius 1 is 1.29 bits per heavy atom. The maximum atomic E-state index is 2.31. The first-order valence-electron chi connectivity index (χ1n) is 4.87. The second-order valence-corrected chi connectivity index (χ2v) is 3.31. The largest absolute Gasteiger partial charge is 0.0807 e. The molecule has 0 heterocycles. The minimum atomic E-state index is 0. The molecule has 0 heteroatoms. The van der Waals surface area contributed by atoms with Crippen molar-refractivity contribution in [2.24, 2.45) is 0 Å². The zero-order valence-electron chi connectivity index (χ0n) is 7.96. The van der Waals surface area contributed by atoms with Crippen molar-refractivity contribution in [2.75, 3.05) is 0 Å². The molecule has 0 atom stereocenters. The summed E-state index contributed by atoms with van der Waals surface area (Å²) in [7, 11) is 0. The molecule has 0 nitrogen and oxygen atoms in total. The van der Waals surface area contributed by atoms with E-state index in [0.29, 0.717) is 0 Å². The minimum Gasteiger partial charge on any atom is -0.0807 e. The Labute approximate surface area is 86.3 Å². The van der Waals surface area contributed by atoms with Gasteiger partial charge in [-0.2, -0.15) is 0 Å². The van der Waals surface area contributed by atoms with Gasteiger partial charge in [-0.3, -0.25) is 0 Å². The summed E-state index contributed by atoms with van der Waals surface area (Å²) in [6.07, 6.45) is 11.0. The molecule has 0 bridgehead atoms. The molecular formula is C14H18. The lowest BCUT2D eigenvalue weighted by molar-refractivity contribution is 1.11. The molecular weight excluding hydrogens is 168 g/mol. The Bertz CT molecular complexity index is 436. The van der Waals surface area contributed by atoms with Gasteiger partial charge in [-0.1, -0.05) is 56.9 Å².